The van der Waals surface area contributed by atoms with Crippen LogP contribution in [0.2, 0.25) is 0 Å². The van der Waals surface area contributed by atoms with Gasteiger partial charge < -0.3 is 0 Å². The second kappa shape index (κ2) is 4.57. The fraction of sp³-hybridized carbons (Fsp3) is 0.364. The van der Waals surface area contributed by atoms with Gasteiger partial charge in [0.2, 0.25) is 0 Å². The Morgan fingerprint density at radius 1 is 1.56 bits per heavy atom. The lowest BCUT2D eigenvalue weighted by Gasteiger charge is -2.07. The van der Waals surface area contributed by atoms with Crippen LogP contribution in [0.3, 0.4) is 0 Å². The van der Waals surface area contributed by atoms with Crippen LogP contribution in [0.4, 0.5) is 0 Å². The summed E-state index contributed by atoms with van der Waals surface area (Å²) in [6, 6.07) is 3.94. The van der Waals surface area contributed by atoms with Gasteiger partial charge in [-0.25, -0.2) is 4.68 Å². The zero-order chi connectivity index (χ0) is 11.5. The number of rotatable bonds is 4. The molecule has 4 nitrogen and oxygen atoms in total. The van der Waals surface area contributed by atoms with Crippen LogP contribution in [0.25, 0.3) is 10.6 Å². The van der Waals surface area contributed by atoms with Crippen molar-refractivity contribution in [1.82, 2.24) is 15.0 Å². The molecule has 0 aliphatic carbocycles. The standard InChI is InChI=1S/C11H13N3OS/c1-8(2)6-14-11(9(7-15)12-13-14)10-4-3-5-16-10/h3-5,7-8H,6H2,1-2H3. The lowest BCUT2D eigenvalue weighted by molar-refractivity contribution is 0.111. The number of nitrogens with zero attached hydrogens (tertiary/aromatic N) is 3. The van der Waals surface area contributed by atoms with Crippen LogP contribution >= 0.6 is 11.3 Å². The highest BCUT2D eigenvalue weighted by atomic mass is 32.1. The SMILES string of the molecule is CC(C)Cn1nnc(C=O)c1-c1cccs1. The number of carbonyl (C=O) groups is 1. The van der Waals surface area contributed by atoms with Gasteiger partial charge >= 0.3 is 0 Å². The van der Waals surface area contributed by atoms with Crippen LogP contribution in [0.5, 0.6) is 0 Å². The van der Waals surface area contributed by atoms with Gasteiger partial charge in [-0.05, 0) is 17.4 Å². The third-order valence-corrected chi connectivity index (χ3v) is 3.04. The molecule has 0 aromatic carbocycles. The lowest BCUT2D eigenvalue weighted by Crippen LogP contribution is -2.07. The van der Waals surface area contributed by atoms with Gasteiger partial charge in [0.05, 0.1) is 4.88 Å². The topological polar surface area (TPSA) is 47.8 Å². The van der Waals surface area contributed by atoms with E-state index in [1.165, 1.54) is 0 Å². The van der Waals surface area contributed by atoms with Gasteiger partial charge in [-0.15, -0.1) is 16.4 Å². The van der Waals surface area contributed by atoms with Crippen molar-refractivity contribution in [3.8, 4) is 10.6 Å². The normalized spacial score (nSPS) is 10.9. The van der Waals surface area contributed by atoms with Crippen molar-refractivity contribution < 1.29 is 4.79 Å². The predicted octanol–water partition coefficient (Wildman–Crippen LogP) is 2.48. The molecule has 5 heteroatoms. The summed E-state index contributed by atoms with van der Waals surface area (Å²) in [5.74, 6) is 0.472. The highest BCUT2D eigenvalue weighted by molar-refractivity contribution is 7.13. The van der Waals surface area contributed by atoms with E-state index in [0.29, 0.717) is 11.6 Å². The van der Waals surface area contributed by atoms with Crippen LogP contribution in [0.15, 0.2) is 17.5 Å². The minimum Gasteiger partial charge on any atom is -0.296 e. The van der Waals surface area contributed by atoms with Crippen molar-refractivity contribution >= 4 is 17.6 Å². The van der Waals surface area contributed by atoms with Crippen molar-refractivity contribution in [1.29, 1.82) is 0 Å². The zero-order valence-corrected chi connectivity index (χ0v) is 10.1. The summed E-state index contributed by atoms with van der Waals surface area (Å²) in [5, 5.41) is 9.90. The first-order valence-electron chi connectivity index (χ1n) is 5.15. The average molecular weight is 235 g/mol. The number of aromatic nitrogens is 3. The summed E-state index contributed by atoms with van der Waals surface area (Å²) in [6.45, 7) is 5.00. The maximum absolute atomic E-state index is 10.9. The van der Waals surface area contributed by atoms with Crippen molar-refractivity contribution in [2.24, 2.45) is 5.92 Å². The Bertz CT molecular complexity index is 473. The number of thiophene rings is 1. The summed E-state index contributed by atoms with van der Waals surface area (Å²) in [7, 11) is 0. The van der Waals surface area contributed by atoms with Gasteiger partial charge in [-0.2, -0.15) is 0 Å². The van der Waals surface area contributed by atoms with Crippen LogP contribution in [-0.4, -0.2) is 21.3 Å². The van der Waals surface area contributed by atoms with E-state index in [9.17, 15) is 4.79 Å². The van der Waals surface area contributed by atoms with Crippen molar-refractivity contribution in [3.63, 3.8) is 0 Å². The van der Waals surface area contributed by atoms with Crippen LogP contribution in [0, 0.1) is 5.92 Å². The molecule has 0 N–H and O–H groups in total. The first-order chi connectivity index (χ1) is 7.72. The molecule has 0 saturated heterocycles. The van der Waals surface area contributed by atoms with E-state index in [1.807, 2.05) is 17.5 Å². The van der Waals surface area contributed by atoms with E-state index in [-0.39, 0.29) is 0 Å². The minimum absolute atomic E-state index is 0.420. The molecule has 0 fully saturated rings. The predicted molar refractivity (Wildman–Crippen MR) is 63.6 cm³/mol. The number of hydrogen-bond donors (Lipinski definition) is 0. The fourth-order valence-corrected chi connectivity index (χ4v) is 2.33. The van der Waals surface area contributed by atoms with Crippen molar-refractivity contribution in [2.75, 3.05) is 0 Å². The molecule has 0 spiro atoms. The summed E-state index contributed by atoms with van der Waals surface area (Å²) in [5.41, 5.74) is 1.25. The second-order valence-corrected chi connectivity index (χ2v) is 4.94. The molecular weight excluding hydrogens is 222 g/mol. The largest absolute Gasteiger partial charge is 0.296 e. The smallest absolute Gasteiger partial charge is 0.172 e. The molecule has 2 heterocycles. The van der Waals surface area contributed by atoms with Gasteiger partial charge in [0.1, 0.15) is 5.69 Å². The summed E-state index contributed by atoms with van der Waals surface area (Å²) < 4.78 is 1.81. The Balaban J connectivity index is 2.47. The van der Waals surface area contributed by atoms with Crippen molar-refractivity contribution in [3.05, 3.63) is 23.2 Å². The Morgan fingerprint density at radius 3 is 2.94 bits per heavy atom. The maximum Gasteiger partial charge on any atom is 0.172 e. The first kappa shape index (κ1) is 11.0. The maximum atomic E-state index is 10.9. The van der Waals surface area contributed by atoms with Gasteiger partial charge in [0.25, 0.3) is 0 Å². The van der Waals surface area contributed by atoms with Gasteiger partial charge in [0, 0.05) is 6.54 Å². The molecule has 0 bridgehead atoms. The molecule has 16 heavy (non-hydrogen) atoms. The highest BCUT2D eigenvalue weighted by Crippen LogP contribution is 2.26. The molecular formula is C11H13N3OS. The molecule has 0 saturated carbocycles. The molecule has 0 atom stereocenters. The molecule has 0 aliphatic heterocycles. The van der Waals surface area contributed by atoms with Gasteiger partial charge in [0.15, 0.2) is 12.0 Å². The Kier molecular flexibility index (Phi) is 3.14. The third kappa shape index (κ3) is 2.04. The molecule has 0 aliphatic rings. The van der Waals surface area contributed by atoms with E-state index >= 15 is 0 Å². The molecule has 2 aromatic rings. The zero-order valence-electron chi connectivity index (χ0n) is 9.25. The van der Waals surface area contributed by atoms with E-state index in [2.05, 4.69) is 24.2 Å². The summed E-state index contributed by atoms with van der Waals surface area (Å²) >= 11 is 1.59. The first-order valence-corrected chi connectivity index (χ1v) is 6.03. The Morgan fingerprint density at radius 2 is 2.38 bits per heavy atom. The number of carbonyl (C=O) groups excluding carboxylic acids is 1. The highest BCUT2D eigenvalue weighted by Gasteiger charge is 2.15. The quantitative estimate of drug-likeness (QED) is 0.765. The Hall–Kier alpha value is -1.49. The number of aldehydes is 1. The fourth-order valence-electron chi connectivity index (χ4n) is 1.55. The van der Waals surface area contributed by atoms with Crippen LogP contribution < -0.4 is 0 Å². The number of hydrogen-bond acceptors (Lipinski definition) is 4. The molecule has 2 aromatic heterocycles. The van der Waals surface area contributed by atoms with E-state index < -0.39 is 0 Å². The molecule has 2 rings (SSSR count). The summed E-state index contributed by atoms with van der Waals surface area (Å²) in [6.07, 6.45) is 0.763. The molecule has 84 valence electrons. The monoisotopic (exact) mass is 235 g/mol. The van der Waals surface area contributed by atoms with Crippen LogP contribution in [-0.2, 0) is 6.54 Å². The third-order valence-electron chi connectivity index (χ3n) is 2.17. The van der Waals surface area contributed by atoms with E-state index in [0.717, 1.165) is 23.4 Å². The Labute approximate surface area is 97.9 Å². The average Bonchev–Trinajstić information content (AvgIpc) is 2.84. The minimum atomic E-state index is 0.420. The van der Waals surface area contributed by atoms with Gasteiger partial charge in [-0.3, -0.25) is 4.79 Å². The summed E-state index contributed by atoms with van der Waals surface area (Å²) in [4.78, 5) is 11.9. The lowest BCUT2D eigenvalue weighted by atomic mass is 10.2. The molecule has 0 unspecified atom stereocenters. The van der Waals surface area contributed by atoms with Crippen molar-refractivity contribution in [2.45, 2.75) is 20.4 Å². The second-order valence-electron chi connectivity index (χ2n) is 3.99. The van der Waals surface area contributed by atoms with E-state index in [1.54, 1.807) is 16.0 Å². The molecule has 0 radical (unpaired) electrons. The van der Waals surface area contributed by atoms with E-state index in [4.69, 9.17) is 0 Å². The molecule has 0 amide bonds. The van der Waals surface area contributed by atoms with Gasteiger partial charge in [-0.1, -0.05) is 25.1 Å². The van der Waals surface area contributed by atoms with Crippen LogP contribution in [0.1, 0.15) is 24.3 Å².